The molecule has 1 aliphatic carbocycles. The SMILES string of the molecule is Cc1cc(C(=O)CSC2CCCCC2)ccc1OC(C)C. The van der Waals surface area contributed by atoms with E-state index >= 15 is 0 Å². The summed E-state index contributed by atoms with van der Waals surface area (Å²) in [6, 6.07) is 5.78. The minimum absolute atomic E-state index is 0.159. The Balaban J connectivity index is 1.91. The topological polar surface area (TPSA) is 26.3 Å². The summed E-state index contributed by atoms with van der Waals surface area (Å²) in [6.45, 7) is 6.03. The van der Waals surface area contributed by atoms with Gasteiger partial charge in [-0.05, 0) is 57.4 Å². The van der Waals surface area contributed by atoms with E-state index in [1.807, 2.05) is 50.7 Å². The first-order valence-corrected chi connectivity index (χ1v) is 9.03. The summed E-state index contributed by atoms with van der Waals surface area (Å²) in [5.74, 6) is 1.72. The number of carbonyl (C=O) groups excluding carboxylic acids is 1. The van der Waals surface area contributed by atoms with Crippen LogP contribution in [0.15, 0.2) is 18.2 Å². The van der Waals surface area contributed by atoms with Gasteiger partial charge in [-0.3, -0.25) is 4.79 Å². The summed E-state index contributed by atoms with van der Waals surface area (Å²) in [6.07, 6.45) is 6.73. The quantitative estimate of drug-likeness (QED) is 0.689. The Kier molecular flexibility index (Phi) is 6.16. The Morgan fingerprint density at radius 2 is 2.00 bits per heavy atom. The smallest absolute Gasteiger partial charge is 0.172 e. The van der Waals surface area contributed by atoms with Gasteiger partial charge in [0.25, 0.3) is 0 Å². The summed E-state index contributed by atoms with van der Waals surface area (Å²) in [5.41, 5.74) is 1.85. The first-order valence-electron chi connectivity index (χ1n) is 7.98. The maximum atomic E-state index is 12.3. The van der Waals surface area contributed by atoms with Crippen molar-refractivity contribution in [3.63, 3.8) is 0 Å². The van der Waals surface area contributed by atoms with Crippen LogP contribution in [0.2, 0.25) is 0 Å². The molecule has 0 spiro atoms. The lowest BCUT2D eigenvalue weighted by Gasteiger charge is -2.20. The van der Waals surface area contributed by atoms with Gasteiger partial charge in [-0.15, -0.1) is 0 Å². The van der Waals surface area contributed by atoms with E-state index in [0.717, 1.165) is 16.9 Å². The Bertz CT molecular complexity index is 476. The van der Waals surface area contributed by atoms with E-state index in [4.69, 9.17) is 4.74 Å². The lowest BCUT2D eigenvalue weighted by atomic mass is 10.0. The molecule has 1 fully saturated rings. The number of rotatable bonds is 6. The molecule has 21 heavy (non-hydrogen) atoms. The highest BCUT2D eigenvalue weighted by atomic mass is 32.2. The van der Waals surface area contributed by atoms with Gasteiger partial charge in [-0.1, -0.05) is 19.3 Å². The van der Waals surface area contributed by atoms with Crippen LogP contribution in [-0.2, 0) is 0 Å². The molecule has 0 amide bonds. The normalized spacial score (nSPS) is 16.2. The van der Waals surface area contributed by atoms with Crippen molar-refractivity contribution in [2.75, 3.05) is 5.75 Å². The fraction of sp³-hybridized carbons (Fsp3) is 0.611. The minimum atomic E-state index is 0.159. The molecule has 0 radical (unpaired) electrons. The average Bonchev–Trinajstić information content (AvgIpc) is 2.47. The third-order valence-corrected chi connectivity index (χ3v) is 5.23. The molecule has 116 valence electrons. The van der Waals surface area contributed by atoms with E-state index < -0.39 is 0 Å². The molecule has 2 rings (SSSR count). The number of ketones is 1. The lowest BCUT2D eigenvalue weighted by Crippen LogP contribution is -2.12. The number of benzene rings is 1. The van der Waals surface area contributed by atoms with Crippen LogP contribution in [0.5, 0.6) is 5.75 Å². The molecule has 1 saturated carbocycles. The van der Waals surface area contributed by atoms with Crippen molar-refractivity contribution in [3.8, 4) is 5.75 Å². The Morgan fingerprint density at radius 3 is 2.62 bits per heavy atom. The number of hydrogen-bond acceptors (Lipinski definition) is 3. The van der Waals surface area contributed by atoms with Crippen LogP contribution >= 0.6 is 11.8 Å². The second kappa shape index (κ2) is 7.88. The molecular formula is C18H26O2S. The lowest BCUT2D eigenvalue weighted by molar-refractivity contribution is 0.102. The van der Waals surface area contributed by atoms with Crippen molar-refractivity contribution >= 4 is 17.5 Å². The van der Waals surface area contributed by atoms with E-state index in [1.54, 1.807) is 0 Å². The molecule has 0 bridgehead atoms. The second-order valence-electron chi connectivity index (χ2n) is 6.14. The van der Waals surface area contributed by atoms with E-state index in [0.29, 0.717) is 11.0 Å². The predicted molar refractivity (Wildman–Crippen MR) is 90.6 cm³/mol. The van der Waals surface area contributed by atoms with Crippen LogP contribution in [0, 0.1) is 6.92 Å². The molecule has 0 saturated heterocycles. The molecule has 0 heterocycles. The highest BCUT2D eigenvalue weighted by Gasteiger charge is 2.16. The van der Waals surface area contributed by atoms with E-state index in [1.165, 1.54) is 32.1 Å². The van der Waals surface area contributed by atoms with Gasteiger partial charge in [0.15, 0.2) is 5.78 Å². The Labute approximate surface area is 132 Å². The summed E-state index contributed by atoms with van der Waals surface area (Å²) in [7, 11) is 0. The fourth-order valence-electron chi connectivity index (χ4n) is 2.72. The van der Waals surface area contributed by atoms with Crippen molar-refractivity contribution in [1.29, 1.82) is 0 Å². The molecular weight excluding hydrogens is 280 g/mol. The number of ether oxygens (including phenoxy) is 1. The fourth-order valence-corrected chi connectivity index (χ4v) is 3.94. The van der Waals surface area contributed by atoms with Crippen LogP contribution in [-0.4, -0.2) is 22.9 Å². The first-order chi connectivity index (χ1) is 10.1. The summed E-state index contributed by atoms with van der Waals surface area (Å²) in [4.78, 5) is 12.3. The molecule has 2 nitrogen and oxygen atoms in total. The largest absolute Gasteiger partial charge is 0.491 e. The number of hydrogen-bond donors (Lipinski definition) is 0. The molecule has 1 aromatic carbocycles. The average molecular weight is 306 g/mol. The zero-order valence-corrected chi connectivity index (χ0v) is 14.2. The maximum absolute atomic E-state index is 12.3. The summed E-state index contributed by atoms with van der Waals surface area (Å²) < 4.78 is 5.72. The number of aryl methyl sites for hydroxylation is 1. The molecule has 3 heteroatoms. The monoisotopic (exact) mass is 306 g/mol. The maximum Gasteiger partial charge on any atom is 0.172 e. The van der Waals surface area contributed by atoms with Gasteiger partial charge in [0.05, 0.1) is 11.9 Å². The zero-order chi connectivity index (χ0) is 15.2. The van der Waals surface area contributed by atoms with Gasteiger partial charge < -0.3 is 4.74 Å². The predicted octanol–water partition coefficient (Wildman–Crippen LogP) is 5.03. The molecule has 0 unspecified atom stereocenters. The standard InChI is InChI=1S/C18H26O2S/c1-13(2)20-18-10-9-15(11-14(18)3)17(19)12-21-16-7-5-4-6-8-16/h9-11,13,16H,4-8,12H2,1-3H3. The molecule has 0 N–H and O–H groups in total. The van der Waals surface area contributed by atoms with E-state index in [2.05, 4.69) is 0 Å². The number of carbonyl (C=O) groups is 1. The van der Waals surface area contributed by atoms with Gasteiger partial charge in [0, 0.05) is 10.8 Å². The second-order valence-corrected chi connectivity index (χ2v) is 7.43. The third-order valence-electron chi connectivity index (χ3n) is 3.86. The number of Topliss-reactive ketones (excluding diaryl/α,β-unsaturated/α-hetero) is 1. The van der Waals surface area contributed by atoms with Gasteiger partial charge >= 0.3 is 0 Å². The summed E-state index contributed by atoms with van der Waals surface area (Å²) >= 11 is 1.84. The van der Waals surface area contributed by atoms with Crippen LogP contribution in [0.4, 0.5) is 0 Å². The highest BCUT2D eigenvalue weighted by Crippen LogP contribution is 2.29. The van der Waals surface area contributed by atoms with Gasteiger partial charge in [-0.25, -0.2) is 0 Å². The third kappa shape index (κ3) is 5.06. The first kappa shape index (κ1) is 16.4. The number of thioether (sulfide) groups is 1. The molecule has 1 aromatic rings. The van der Waals surface area contributed by atoms with Crippen LogP contribution in [0.3, 0.4) is 0 Å². The summed E-state index contributed by atoms with van der Waals surface area (Å²) in [5, 5.41) is 0.687. The molecule has 0 aromatic heterocycles. The van der Waals surface area contributed by atoms with E-state index in [-0.39, 0.29) is 11.9 Å². The van der Waals surface area contributed by atoms with Crippen molar-refractivity contribution in [1.82, 2.24) is 0 Å². The van der Waals surface area contributed by atoms with Crippen molar-refractivity contribution in [3.05, 3.63) is 29.3 Å². The van der Waals surface area contributed by atoms with E-state index in [9.17, 15) is 4.79 Å². The van der Waals surface area contributed by atoms with Crippen LogP contribution in [0.1, 0.15) is 61.9 Å². The molecule has 0 atom stereocenters. The Morgan fingerprint density at radius 1 is 1.29 bits per heavy atom. The van der Waals surface area contributed by atoms with Crippen molar-refractivity contribution < 1.29 is 9.53 Å². The van der Waals surface area contributed by atoms with Crippen LogP contribution < -0.4 is 4.74 Å². The van der Waals surface area contributed by atoms with Gasteiger partial charge in [-0.2, -0.15) is 11.8 Å². The van der Waals surface area contributed by atoms with Gasteiger partial charge in [0.1, 0.15) is 5.75 Å². The zero-order valence-electron chi connectivity index (χ0n) is 13.4. The van der Waals surface area contributed by atoms with Crippen molar-refractivity contribution in [2.24, 2.45) is 0 Å². The van der Waals surface area contributed by atoms with Gasteiger partial charge in [0.2, 0.25) is 0 Å². The minimum Gasteiger partial charge on any atom is -0.491 e. The van der Waals surface area contributed by atoms with Crippen LogP contribution in [0.25, 0.3) is 0 Å². The highest BCUT2D eigenvalue weighted by molar-refractivity contribution is 8.00. The Hall–Kier alpha value is -0.960. The van der Waals surface area contributed by atoms with Crippen molar-refractivity contribution in [2.45, 2.75) is 64.2 Å². The molecule has 1 aliphatic rings. The molecule has 0 aliphatic heterocycles.